The van der Waals surface area contributed by atoms with Crippen LogP contribution in [0.2, 0.25) is 0 Å². The molecule has 2 nitrogen and oxygen atoms in total. The van der Waals surface area contributed by atoms with E-state index in [1.165, 1.54) is 12.1 Å². The summed E-state index contributed by atoms with van der Waals surface area (Å²) in [6.45, 7) is 4.41. The molecule has 0 aliphatic heterocycles. The lowest BCUT2D eigenvalue weighted by molar-refractivity contribution is -0.0498. The lowest BCUT2D eigenvalue weighted by Gasteiger charge is -2.19. The van der Waals surface area contributed by atoms with E-state index < -0.39 is 6.61 Å². The van der Waals surface area contributed by atoms with Gasteiger partial charge in [-0.3, -0.25) is 0 Å². The van der Waals surface area contributed by atoms with Crippen LogP contribution < -0.4 is 10.1 Å². The molecule has 0 amide bonds. The first-order valence-corrected chi connectivity index (χ1v) is 5.15. The maximum atomic E-state index is 11.9. The molecule has 1 aromatic rings. The molecular weight excluding hydrogens is 212 g/mol. The predicted molar refractivity (Wildman–Crippen MR) is 61.0 cm³/mol. The maximum absolute atomic E-state index is 11.9. The molecule has 0 saturated carbocycles. The monoisotopic (exact) mass is 229 g/mol. The largest absolute Gasteiger partial charge is 0.435 e. The fourth-order valence-corrected chi connectivity index (χ4v) is 1.12. The maximum Gasteiger partial charge on any atom is 0.387 e. The van der Waals surface area contributed by atoms with Gasteiger partial charge in [-0.05, 0) is 29.7 Å². The van der Waals surface area contributed by atoms with Crippen molar-refractivity contribution in [3.63, 3.8) is 0 Å². The zero-order valence-electron chi connectivity index (χ0n) is 9.76. The van der Waals surface area contributed by atoms with Gasteiger partial charge in [0.2, 0.25) is 0 Å². The van der Waals surface area contributed by atoms with E-state index in [1.54, 1.807) is 12.1 Å². The third kappa shape index (κ3) is 4.96. The van der Waals surface area contributed by atoms with Crippen molar-refractivity contribution in [3.8, 4) is 5.75 Å². The van der Waals surface area contributed by atoms with Crippen LogP contribution >= 0.6 is 0 Å². The Hall–Kier alpha value is -1.32. The van der Waals surface area contributed by atoms with Crippen molar-refractivity contribution >= 4 is 5.69 Å². The Labute approximate surface area is 94.6 Å². The summed E-state index contributed by atoms with van der Waals surface area (Å²) in [4.78, 5) is 0. The molecule has 1 N–H and O–H groups in total. The molecule has 0 unspecified atom stereocenters. The van der Waals surface area contributed by atoms with Gasteiger partial charge in [-0.1, -0.05) is 20.8 Å². The zero-order chi connectivity index (χ0) is 12.2. The lowest BCUT2D eigenvalue weighted by Crippen LogP contribution is -2.18. The van der Waals surface area contributed by atoms with E-state index in [0.717, 1.165) is 12.2 Å². The van der Waals surface area contributed by atoms with Crippen molar-refractivity contribution in [1.82, 2.24) is 0 Å². The fourth-order valence-electron chi connectivity index (χ4n) is 1.12. The molecule has 16 heavy (non-hydrogen) atoms. The van der Waals surface area contributed by atoms with E-state index in [4.69, 9.17) is 0 Å². The molecule has 0 heterocycles. The molecule has 90 valence electrons. The first kappa shape index (κ1) is 12.7. The number of hydrogen-bond acceptors (Lipinski definition) is 2. The van der Waals surface area contributed by atoms with E-state index in [9.17, 15) is 8.78 Å². The summed E-state index contributed by atoms with van der Waals surface area (Å²) >= 11 is 0. The topological polar surface area (TPSA) is 21.3 Å². The van der Waals surface area contributed by atoms with Crippen LogP contribution in [0.5, 0.6) is 5.75 Å². The van der Waals surface area contributed by atoms with Gasteiger partial charge < -0.3 is 10.1 Å². The molecule has 0 aliphatic carbocycles. The van der Waals surface area contributed by atoms with Crippen LogP contribution in [-0.2, 0) is 0 Å². The van der Waals surface area contributed by atoms with Gasteiger partial charge in [-0.25, -0.2) is 0 Å². The van der Waals surface area contributed by atoms with Gasteiger partial charge in [0.25, 0.3) is 0 Å². The standard InChI is InChI=1S/C12H17F2NO/c1-12(2,3)8-15-9-4-6-10(7-5-9)16-11(13)14/h4-7,11,15H,8H2,1-3H3. The second-order valence-corrected chi connectivity index (χ2v) is 4.82. The van der Waals surface area contributed by atoms with Gasteiger partial charge in [-0.2, -0.15) is 8.78 Å². The number of rotatable bonds is 4. The quantitative estimate of drug-likeness (QED) is 0.849. The average Bonchev–Trinajstić information content (AvgIpc) is 2.14. The van der Waals surface area contributed by atoms with Crippen molar-refractivity contribution < 1.29 is 13.5 Å². The number of hydrogen-bond donors (Lipinski definition) is 1. The summed E-state index contributed by atoms with van der Waals surface area (Å²) < 4.78 is 28.0. The van der Waals surface area contributed by atoms with E-state index >= 15 is 0 Å². The molecule has 0 spiro atoms. The number of anilines is 1. The molecule has 0 aliphatic rings. The highest BCUT2D eigenvalue weighted by atomic mass is 19.3. The van der Waals surface area contributed by atoms with Gasteiger partial charge in [0.05, 0.1) is 0 Å². The average molecular weight is 229 g/mol. The fraction of sp³-hybridized carbons (Fsp3) is 0.500. The van der Waals surface area contributed by atoms with Crippen molar-refractivity contribution in [2.45, 2.75) is 27.4 Å². The van der Waals surface area contributed by atoms with Crippen LogP contribution in [0.3, 0.4) is 0 Å². The van der Waals surface area contributed by atoms with Gasteiger partial charge >= 0.3 is 6.61 Å². The van der Waals surface area contributed by atoms with Crippen LogP contribution in [-0.4, -0.2) is 13.2 Å². The second kappa shape index (κ2) is 5.14. The minimum atomic E-state index is -2.77. The summed E-state index contributed by atoms with van der Waals surface area (Å²) in [5.41, 5.74) is 1.08. The third-order valence-corrected chi connectivity index (χ3v) is 1.90. The van der Waals surface area contributed by atoms with E-state index in [0.29, 0.717) is 0 Å². The van der Waals surface area contributed by atoms with Crippen LogP contribution in [0.1, 0.15) is 20.8 Å². The first-order valence-electron chi connectivity index (χ1n) is 5.15. The van der Waals surface area contributed by atoms with Crippen LogP contribution in [0, 0.1) is 5.41 Å². The van der Waals surface area contributed by atoms with Crippen molar-refractivity contribution in [3.05, 3.63) is 24.3 Å². The van der Waals surface area contributed by atoms with Crippen LogP contribution in [0.4, 0.5) is 14.5 Å². The first-order chi connectivity index (χ1) is 7.37. The third-order valence-electron chi connectivity index (χ3n) is 1.90. The molecule has 0 bridgehead atoms. The molecule has 4 heteroatoms. The Kier molecular flexibility index (Phi) is 4.10. The Morgan fingerprint density at radius 2 is 1.75 bits per heavy atom. The van der Waals surface area contributed by atoms with E-state index in [-0.39, 0.29) is 11.2 Å². The zero-order valence-corrected chi connectivity index (χ0v) is 9.76. The van der Waals surface area contributed by atoms with Crippen molar-refractivity contribution in [2.24, 2.45) is 5.41 Å². The Balaban J connectivity index is 2.51. The normalized spacial score (nSPS) is 11.6. The van der Waals surface area contributed by atoms with E-state index in [2.05, 4.69) is 30.8 Å². The highest BCUT2D eigenvalue weighted by Gasteiger charge is 2.09. The van der Waals surface area contributed by atoms with Crippen LogP contribution in [0.15, 0.2) is 24.3 Å². The minimum absolute atomic E-state index is 0.177. The number of ether oxygens (including phenoxy) is 1. The van der Waals surface area contributed by atoms with Gasteiger partial charge in [-0.15, -0.1) is 0 Å². The van der Waals surface area contributed by atoms with Crippen LogP contribution in [0.25, 0.3) is 0 Å². The van der Waals surface area contributed by atoms with E-state index in [1.807, 2.05) is 0 Å². The lowest BCUT2D eigenvalue weighted by atomic mass is 9.97. The summed E-state index contributed by atoms with van der Waals surface area (Å²) in [6, 6.07) is 6.50. The van der Waals surface area contributed by atoms with Gasteiger partial charge in [0.15, 0.2) is 0 Å². The molecule has 1 aromatic carbocycles. The Bertz CT molecular complexity index is 317. The highest BCUT2D eigenvalue weighted by molar-refractivity contribution is 5.46. The van der Waals surface area contributed by atoms with Crippen molar-refractivity contribution in [2.75, 3.05) is 11.9 Å². The predicted octanol–water partition coefficient (Wildman–Crippen LogP) is 3.75. The highest BCUT2D eigenvalue weighted by Crippen LogP contribution is 2.19. The molecule has 0 fully saturated rings. The summed E-state index contributed by atoms with van der Waals surface area (Å²) in [5.74, 6) is 0.177. The minimum Gasteiger partial charge on any atom is -0.435 e. The molecule has 0 aromatic heterocycles. The second-order valence-electron chi connectivity index (χ2n) is 4.82. The van der Waals surface area contributed by atoms with Gasteiger partial charge in [0, 0.05) is 12.2 Å². The number of nitrogens with one attached hydrogen (secondary N) is 1. The molecule has 0 radical (unpaired) electrons. The summed E-state index contributed by atoms with van der Waals surface area (Å²) in [6.07, 6.45) is 0. The summed E-state index contributed by atoms with van der Waals surface area (Å²) in [7, 11) is 0. The van der Waals surface area contributed by atoms with Gasteiger partial charge in [0.1, 0.15) is 5.75 Å². The Morgan fingerprint density at radius 1 is 1.19 bits per heavy atom. The molecule has 0 atom stereocenters. The number of alkyl halides is 2. The Morgan fingerprint density at radius 3 is 2.19 bits per heavy atom. The molecule has 0 saturated heterocycles. The number of benzene rings is 1. The number of halogens is 2. The smallest absolute Gasteiger partial charge is 0.387 e. The molecular formula is C12H17F2NO. The van der Waals surface area contributed by atoms with Crippen molar-refractivity contribution in [1.29, 1.82) is 0 Å². The SMILES string of the molecule is CC(C)(C)CNc1ccc(OC(F)F)cc1. The molecule has 1 rings (SSSR count). The summed E-state index contributed by atoms with van der Waals surface area (Å²) in [5, 5.41) is 3.22.